The standard InChI is InChI=1S/C45H62O4Si2/c1-34(42(46)36(3)32-48-50(44(5,6)7,38-23-15-11-16-24-38)39-25-17-12-18-26-39)31-35(2)43(47)37(4)33-49-51(45(8,9)10,40-27-19-13-20-28-40)41-29-21-14-22-30-41/h11-31,34,36-37,42-43,46-47H,32-33H2,1-10H3/b35-31+/t34-,36+,37+,42+,43?/m1/s1. The fourth-order valence-electron chi connectivity index (χ4n) is 7.80. The Kier molecular flexibility index (Phi) is 13.7. The van der Waals surface area contributed by atoms with Crippen molar-refractivity contribution in [2.24, 2.45) is 17.8 Å². The molecule has 5 atom stereocenters. The van der Waals surface area contributed by atoms with Gasteiger partial charge in [0.15, 0.2) is 0 Å². The Morgan fingerprint density at radius 2 is 0.843 bits per heavy atom. The van der Waals surface area contributed by atoms with Gasteiger partial charge >= 0.3 is 0 Å². The number of aliphatic hydroxyl groups excluding tert-OH is 2. The Morgan fingerprint density at radius 3 is 1.14 bits per heavy atom. The fraction of sp³-hybridized carbons (Fsp3) is 0.422. The first-order valence-electron chi connectivity index (χ1n) is 18.6. The van der Waals surface area contributed by atoms with Crippen molar-refractivity contribution < 1.29 is 19.1 Å². The molecule has 0 aliphatic heterocycles. The first-order valence-corrected chi connectivity index (χ1v) is 22.4. The topological polar surface area (TPSA) is 58.9 Å². The van der Waals surface area contributed by atoms with Gasteiger partial charge in [-0.05, 0) is 43.3 Å². The largest absolute Gasteiger partial charge is 0.407 e. The van der Waals surface area contributed by atoms with E-state index in [1.54, 1.807) is 0 Å². The van der Waals surface area contributed by atoms with Crippen molar-refractivity contribution in [3.8, 4) is 0 Å². The number of aliphatic hydroxyl groups is 2. The summed E-state index contributed by atoms with van der Waals surface area (Å²) >= 11 is 0. The highest BCUT2D eigenvalue weighted by Gasteiger charge is 2.51. The Labute approximate surface area is 310 Å². The molecule has 0 bridgehead atoms. The van der Waals surface area contributed by atoms with Gasteiger partial charge in [-0.3, -0.25) is 0 Å². The van der Waals surface area contributed by atoms with Gasteiger partial charge in [0, 0.05) is 31.0 Å². The van der Waals surface area contributed by atoms with Crippen molar-refractivity contribution in [2.75, 3.05) is 13.2 Å². The van der Waals surface area contributed by atoms with Crippen LogP contribution < -0.4 is 20.7 Å². The second-order valence-electron chi connectivity index (χ2n) is 16.6. The molecule has 0 saturated heterocycles. The van der Waals surface area contributed by atoms with Gasteiger partial charge in [-0.1, -0.05) is 190 Å². The van der Waals surface area contributed by atoms with E-state index in [4.69, 9.17) is 8.85 Å². The Hall–Kier alpha value is -3.11. The number of benzene rings is 4. The Balaban J connectivity index is 1.50. The highest BCUT2D eigenvalue weighted by atomic mass is 28.4. The molecule has 274 valence electrons. The first-order chi connectivity index (χ1) is 24.1. The summed E-state index contributed by atoms with van der Waals surface area (Å²) in [5.41, 5.74) is 0.847. The molecule has 0 aromatic heterocycles. The molecular weight excluding hydrogens is 661 g/mol. The average Bonchev–Trinajstić information content (AvgIpc) is 3.11. The van der Waals surface area contributed by atoms with Crippen LogP contribution in [0.25, 0.3) is 0 Å². The van der Waals surface area contributed by atoms with Gasteiger partial charge in [-0.2, -0.15) is 0 Å². The van der Waals surface area contributed by atoms with E-state index in [1.807, 2.05) is 19.9 Å². The van der Waals surface area contributed by atoms with Crippen LogP contribution in [-0.2, 0) is 8.85 Å². The maximum Gasteiger partial charge on any atom is 0.261 e. The molecule has 0 amide bonds. The van der Waals surface area contributed by atoms with Crippen molar-refractivity contribution in [1.82, 2.24) is 0 Å². The van der Waals surface area contributed by atoms with Crippen molar-refractivity contribution in [2.45, 2.75) is 91.5 Å². The van der Waals surface area contributed by atoms with Crippen molar-refractivity contribution >= 4 is 37.4 Å². The molecule has 0 heterocycles. The van der Waals surface area contributed by atoms with Gasteiger partial charge in [0.2, 0.25) is 0 Å². The molecule has 51 heavy (non-hydrogen) atoms. The molecule has 6 heteroatoms. The van der Waals surface area contributed by atoms with Gasteiger partial charge in [0.25, 0.3) is 16.6 Å². The molecular formula is C45H62O4Si2. The summed E-state index contributed by atoms with van der Waals surface area (Å²) in [4.78, 5) is 0. The predicted molar refractivity (Wildman–Crippen MR) is 220 cm³/mol. The first kappa shape index (κ1) is 40.7. The number of hydrogen-bond acceptors (Lipinski definition) is 4. The Morgan fingerprint density at radius 1 is 0.549 bits per heavy atom. The third-order valence-electron chi connectivity index (χ3n) is 10.6. The van der Waals surface area contributed by atoms with Crippen molar-refractivity contribution in [3.05, 3.63) is 133 Å². The van der Waals surface area contributed by atoms with E-state index in [9.17, 15) is 10.2 Å². The van der Waals surface area contributed by atoms with Crippen LogP contribution in [0, 0.1) is 17.8 Å². The summed E-state index contributed by atoms with van der Waals surface area (Å²) in [6.07, 6.45) is 0.684. The summed E-state index contributed by atoms with van der Waals surface area (Å²) in [6, 6.07) is 42.5. The zero-order chi connectivity index (χ0) is 37.5. The third-order valence-corrected chi connectivity index (χ3v) is 20.6. The lowest BCUT2D eigenvalue weighted by Gasteiger charge is -2.44. The van der Waals surface area contributed by atoms with Crippen LogP contribution in [0.4, 0.5) is 0 Å². The van der Waals surface area contributed by atoms with Crippen LogP contribution in [0.5, 0.6) is 0 Å². The van der Waals surface area contributed by atoms with Crippen LogP contribution in [-0.4, -0.2) is 52.3 Å². The van der Waals surface area contributed by atoms with Gasteiger partial charge in [0.05, 0.1) is 12.2 Å². The monoisotopic (exact) mass is 722 g/mol. The number of hydrogen-bond donors (Lipinski definition) is 2. The maximum absolute atomic E-state index is 11.6. The summed E-state index contributed by atoms with van der Waals surface area (Å²) in [6.45, 7) is 22.6. The summed E-state index contributed by atoms with van der Waals surface area (Å²) < 4.78 is 14.3. The minimum atomic E-state index is -2.73. The highest BCUT2D eigenvalue weighted by Crippen LogP contribution is 2.38. The molecule has 0 aliphatic carbocycles. The highest BCUT2D eigenvalue weighted by molar-refractivity contribution is 7.00. The van der Waals surface area contributed by atoms with E-state index in [0.717, 1.165) is 5.57 Å². The molecule has 4 nitrogen and oxygen atoms in total. The second kappa shape index (κ2) is 17.1. The Bertz CT molecular complexity index is 1570. The lowest BCUT2D eigenvalue weighted by Crippen LogP contribution is -2.67. The van der Waals surface area contributed by atoms with Gasteiger partial charge in [0.1, 0.15) is 0 Å². The molecule has 1 unspecified atom stereocenters. The molecule has 4 rings (SSSR count). The van der Waals surface area contributed by atoms with Crippen LogP contribution in [0.2, 0.25) is 10.1 Å². The third kappa shape index (κ3) is 8.93. The lowest BCUT2D eigenvalue weighted by molar-refractivity contribution is 0.0535. The molecule has 0 aliphatic rings. The molecule has 0 fully saturated rings. The van der Waals surface area contributed by atoms with E-state index in [0.29, 0.717) is 13.2 Å². The van der Waals surface area contributed by atoms with Crippen LogP contribution >= 0.6 is 0 Å². The molecule has 0 saturated carbocycles. The van der Waals surface area contributed by atoms with Crippen molar-refractivity contribution in [1.29, 1.82) is 0 Å². The fourth-order valence-corrected chi connectivity index (χ4v) is 17.1. The molecule has 4 aromatic rings. The normalized spacial score (nSPS) is 16.3. The van der Waals surface area contributed by atoms with Crippen molar-refractivity contribution in [3.63, 3.8) is 0 Å². The van der Waals surface area contributed by atoms with Crippen LogP contribution in [0.3, 0.4) is 0 Å². The maximum atomic E-state index is 11.6. The molecule has 2 N–H and O–H groups in total. The number of rotatable bonds is 15. The van der Waals surface area contributed by atoms with E-state index in [2.05, 4.69) is 177 Å². The average molecular weight is 723 g/mol. The predicted octanol–water partition coefficient (Wildman–Crippen LogP) is 7.72. The van der Waals surface area contributed by atoms with Gasteiger partial charge in [-0.15, -0.1) is 0 Å². The summed E-state index contributed by atoms with van der Waals surface area (Å²) in [5, 5.41) is 27.9. The summed E-state index contributed by atoms with van der Waals surface area (Å²) in [5.74, 6) is -0.455. The molecule has 0 radical (unpaired) electrons. The quantitative estimate of drug-likeness (QED) is 0.0976. The zero-order valence-electron chi connectivity index (χ0n) is 32.6. The van der Waals surface area contributed by atoms with E-state index in [1.165, 1.54) is 20.7 Å². The minimum absolute atomic E-state index is 0.126. The lowest BCUT2D eigenvalue weighted by atomic mass is 9.90. The van der Waals surface area contributed by atoms with Crippen LogP contribution in [0.15, 0.2) is 133 Å². The molecule has 0 spiro atoms. The van der Waals surface area contributed by atoms with E-state index < -0.39 is 28.8 Å². The van der Waals surface area contributed by atoms with Crippen LogP contribution in [0.1, 0.15) is 69.2 Å². The SMILES string of the molecule is C/C(=C\[C@@H](C)[C@H](O)[C@@H](C)CO[Si](c1ccccc1)(c1ccccc1)C(C)(C)C)C(O)[C@@H](C)CO[Si](c1ccccc1)(c1ccccc1)C(C)(C)C. The zero-order valence-corrected chi connectivity index (χ0v) is 34.6. The minimum Gasteiger partial charge on any atom is -0.407 e. The summed E-state index contributed by atoms with van der Waals surface area (Å²) in [7, 11) is -5.45. The van der Waals surface area contributed by atoms with Gasteiger partial charge in [-0.25, -0.2) is 0 Å². The van der Waals surface area contributed by atoms with Gasteiger partial charge < -0.3 is 19.1 Å². The smallest absolute Gasteiger partial charge is 0.261 e. The van der Waals surface area contributed by atoms with E-state index >= 15 is 0 Å². The van der Waals surface area contributed by atoms with E-state index in [-0.39, 0.29) is 27.8 Å². The molecule has 4 aromatic carbocycles. The second-order valence-corrected chi connectivity index (χ2v) is 25.2.